The number of rotatable bonds is 3. The van der Waals surface area contributed by atoms with E-state index in [1.54, 1.807) is 6.07 Å². The van der Waals surface area contributed by atoms with Crippen molar-refractivity contribution in [1.29, 1.82) is 0 Å². The second kappa shape index (κ2) is 5.73. The molecule has 3 rings (SSSR count). The Bertz CT molecular complexity index is 861. The number of carbonyl (C=O) groups is 1. The van der Waals surface area contributed by atoms with Crippen LogP contribution in [0.4, 0.5) is 4.39 Å². The van der Waals surface area contributed by atoms with Gasteiger partial charge in [0.2, 0.25) is 11.9 Å². The van der Waals surface area contributed by atoms with Gasteiger partial charge >= 0.3 is 0 Å². The Hall–Kier alpha value is -2.46. The maximum atomic E-state index is 13.6. The summed E-state index contributed by atoms with van der Waals surface area (Å²) in [5.41, 5.74) is 6.48. The van der Waals surface area contributed by atoms with Crippen molar-refractivity contribution in [3.63, 3.8) is 0 Å². The first-order chi connectivity index (χ1) is 10.6. The molecule has 0 radical (unpaired) electrons. The lowest BCUT2D eigenvalue weighted by atomic mass is 9.90. The van der Waals surface area contributed by atoms with E-state index in [0.29, 0.717) is 5.56 Å². The van der Waals surface area contributed by atoms with Crippen LogP contribution in [-0.4, -0.2) is 10.9 Å². The molecule has 2 N–H and O–H groups in total. The highest BCUT2D eigenvalue weighted by Crippen LogP contribution is 2.30. The monoisotopic (exact) mass is 314 g/mol. The van der Waals surface area contributed by atoms with Gasteiger partial charge < -0.3 is 5.73 Å². The summed E-state index contributed by atoms with van der Waals surface area (Å²) < 4.78 is 13.6. The second-order valence-corrected chi connectivity index (χ2v) is 5.32. The summed E-state index contributed by atoms with van der Waals surface area (Å²) in [6.45, 7) is 0. The molecular formula is C17H12ClFN2O. The van der Waals surface area contributed by atoms with Gasteiger partial charge in [-0.05, 0) is 28.5 Å². The van der Waals surface area contributed by atoms with Crippen LogP contribution in [0.15, 0.2) is 54.6 Å². The van der Waals surface area contributed by atoms with E-state index >= 15 is 0 Å². The summed E-state index contributed by atoms with van der Waals surface area (Å²) in [7, 11) is 0. The third-order valence-electron chi connectivity index (χ3n) is 3.54. The smallest absolute Gasteiger partial charge is 0.231 e. The molecular weight excluding hydrogens is 303 g/mol. The van der Waals surface area contributed by atoms with Gasteiger partial charge in [-0.15, -0.1) is 0 Å². The van der Waals surface area contributed by atoms with Crippen LogP contribution in [0.2, 0.25) is 5.02 Å². The summed E-state index contributed by atoms with van der Waals surface area (Å²) in [6, 6.07) is 16.1. The van der Waals surface area contributed by atoms with E-state index < -0.39 is 17.8 Å². The maximum Gasteiger partial charge on any atom is 0.231 e. The van der Waals surface area contributed by atoms with E-state index in [2.05, 4.69) is 4.98 Å². The number of amides is 1. The van der Waals surface area contributed by atoms with Crippen molar-refractivity contribution < 1.29 is 9.18 Å². The highest BCUT2D eigenvalue weighted by Gasteiger charge is 2.24. The topological polar surface area (TPSA) is 56.0 Å². The Morgan fingerprint density at radius 2 is 1.82 bits per heavy atom. The van der Waals surface area contributed by atoms with Crippen LogP contribution in [0.5, 0.6) is 0 Å². The minimum Gasteiger partial charge on any atom is -0.369 e. The fourth-order valence-electron chi connectivity index (χ4n) is 2.55. The molecule has 2 aromatic carbocycles. The molecule has 1 amide bonds. The molecule has 110 valence electrons. The molecule has 0 fully saturated rings. The van der Waals surface area contributed by atoms with Crippen molar-refractivity contribution >= 4 is 28.3 Å². The summed E-state index contributed by atoms with van der Waals surface area (Å²) in [5.74, 6) is -2.24. The van der Waals surface area contributed by atoms with Gasteiger partial charge in [-0.3, -0.25) is 4.79 Å². The fraction of sp³-hybridized carbons (Fsp3) is 0.0588. The summed E-state index contributed by atoms with van der Waals surface area (Å²) in [4.78, 5) is 15.7. The lowest BCUT2D eigenvalue weighted by molar-refractivity contribution is -0.118. The third-order valence-corrected chi connectivity index (χ3v) is 3.82. The number of benzene rings is 2. The number of primary amides is 1. The molecule has 0 aliphatic carbocycles. The van der Waals surface area contributed by atoms with Crippen LogP contribution >= 0.6 is 11.6 Å². The average Bonchev–Trinajstić information content (AvgIpc) is 2.51. The maximum absolute atomic E-state index is 13.6. The highest BCUT2D eigenvalue weighted by atomic mass is 35.5. The predicted molar refractivity (Wildman–Crippen MR) is 84.2 cm³/mol. The Kier molecular flexibility index (Phi) is 3.77. The summed E-state index contributed by atoms with van der Waals surface area (Å²) in [6.07, 6.45) is 0. The van der Waals surface area contributed by atoms with Gasteiger partial charge in [0.1, 0.15) is 5.92 Å². The van der Waals surface area contributed by atoms with E-state index in [1.807, 2.05) is 36.4 Å². The van der Waals surface area contributed by atoms with Crippen molar-refractivity contribution in [3.05, 3.63) is 76.8 Å². The predicted octanol–water partition coefficient (Wildman–Crippen LogP) is 3.64. The van der Waals surface area contributed by atoms with Gasteiger partial charge in [-0.1, -0.05) is 54.1 Å². The zero-order valence-electron chi connectivity index (χ0n) is 11.5. The Labute approximate surface area is 131 Å². The standard InChI is InChI=1S/C17H12ClFN2O/c18-13-8-9-14(21-16(13)19)15(17(20)22)12-7-3-5-10-4-1-2-6-11(10)12/h1-9,15H,(H2,20,22). The Morgan fingerprint density at radius 1 is 1.09 bits per heavy atom. The van der Waals surface area contributed by atoms with Crippen molar-refractivity contribution in [2.45, 2.75) is 5.92 Å². The molecule has 3 aromatic rings. The lowest BCUT2D eigenvalue weighted by Crippen LogP contribution is -2.23. The fourth-order valence-corrected chi connectivity index (χ4v) is 2.66. The normalized spacial score (nSPS) is 12.3. The Balaban J connectivity index is 2.22. The van der Waals surface area contributed by atoms with Crippen LogP contribution in [0, 0.1) is 5.95 Å². The molecule has 3 nitrogen and oxygen atoms in total. The summed E-state index contributed by atoms with van der Waals surface area (Å²) >= 11 is 5.65. The average molecular weight is 315 g/mol. The number of fused-ring (bicyclic) bond motifs is 1. The molecule has 5 heteroatoms. The molecule has 0 aliphatic heterocycles. The molecule has 0 saturated heterocycles. The van der Waals surface area contributed by atoms with E-state index in [4.69, 9.17) is 17.3 Å². The van der Waals surface area contributed by atoms with E-state index in [0.717, 1.165) is 10.8 Å². The SMILES string of the molecule is NC(=O)C(c1ccc(Cl)c(F)n1)c1cccc2ccccc12. The molecule has 1 unspecified atom stereocenters. The van der Waals surface area contributed by atoms with E-state index in [9.17, 15) is 9.18 Å². The number of nitrogens with two attached hydrogens (primary N) is 1. The van der Waals surface area contributed by atoms with Crippen molar-refractivity contribution in [2.24, 2.45) is 5.73 Å². The van der Waals surface area contributed by atoms with Gasteiger partial charge in [-0.25, -0.2) is 4.98 Å². The third kappa shape index (κ3) is 2.53. The first kappa shape index (κ1) is 14.5. The van der Waals surface area contributed by atoms with Gasteiger partial charge in [0.15, 0.2) is 0 Å². The summed E-state index contributed by atoms with van der Waals surface area (Å²) in [5, 5.41) is 1.76. The second-order valence-electron chi connectivity index (χ2n) is 4.91. The molecule has 0 spiro atoms. The minimum absolute atomic E-state index is 0.0927. The van der Waals surface area contributed by atoms with Crippen LogP contribution in [0.3, 0.4) is 0 Å². The van der Waals surface area contributed by atoms with E-state index in [1.165, 1.54) is 12.1 Å². The number of halogens is 2. The van der Waals surface area contributed by atoms with Crippen LogP contribution in [0.1, 0.15) is 17.2 Å². The zero-order chi connectivity index (χ0) is 15.7. The molecule has 22 heavy (non-hydrogen) atoms. The van der Waals surface area contributed by atoms with E-state index in [-0.39, 0.29) is 10.7 Å². The van der Waals surface area contributed by atoms with Crippen molar-refractivity contribution in [3.8, 4) is 0 Å². The van der Waals surface area contributed by atoms with Gasteiger partial charge in [0.05, 0.1) is 10.7 Å². The number of aromatic nitrogens is 1. The molecule has 0 saturated carbocycles. The lowest BCUT2D eigenvalue weighted by Gasteiger charge is -2.16. The van der Waals surface area contributed by atoms with Crippen LogP contribution in [0.25, 0.3) is 10.8 Å². The molecule has 1 heterocycles. The Morgan fingerprint density at radius 3 is 2.55 bits per heavy atom. The highest BCUT2D eigenvalue weighted by molar-refractivity contribution is 6.30. The minimum atomic E-state index is -0.835. The van der Waals surface area contributed by atoms with Crippen molar-refractivity contribution in [2.75, 3.05) is 0 Å². The number of nitrogens with zero attached hydrogens (tertiary/aromatic N) is 1. The molecule has 1 atom stereocenters. The van der Waals surface area contributed by atoms with Gasteiger partial charge in [-0.2, -0.15) is 4.39 Å². The number of pyridine rings is 1. The zero-order valence-corrected chi connectivity index (χ0v) is 12.2. The number of hydrogen-bond donors (Lipinski definition) is 1. The van der Waals surface area contributed by atoms with Crippen LogP contribution < -0.4 is 5.73 Å². The largest absolute Gasteiger partial charge is 0.369 e. The first-order valence-electron chi connectivity index (χ1n) is 6.67. The van der Waals surface area contributed by atoms with Crippen molar-refractivity contribution in [1.82, 2.24) is 4.98 Å². The quantitative estimate of drug-likeness (QED) is 0.750. The first-order valence-corrected chi connectivity index (χ1v) is 7.04. The molecule has 0 bridgehead atoms. The number of hydrogen-bond acceptors (Lipinski definition) is 2. The molecule has 0 aliphatic rings. The van der Waals surface area contributed by atoms with Gasteiger partial charge in [0, 0.05) is 0 Å². The van der Waals surface area contributed by atoms with Crippen LogP contribution in [-0.2, 0) is 4.79 Å². The van der Waals surface area contributed by atoms with Gasteiger partial charge in [0.25, 0.3) is 0 Å². The molecule has 1 aromatic heterocycles. The number of carbonyl (C=O) groups excluding carboxylic acids is 1.